The molecular formula is C65H80F4. The normalized spacial score (nSPS) is 13.3. The number of benzene rings is 8. The third-order valence-electron chi connectivity index (χ3n) is 12.2. The van der Waals surface area contributed by atoms with Crippen LogP contribution in [0.5, 0.6) is 0 Å². The van der Waals surface area contributed by atoms with Gasteiger partial charge in [0, 0.05) is 0 Å². The van der Waals surface area contributed by atoms with Gasteiger partial charge in [-0.15, -0.1) is 0 Å². The minimum atomic E-state index is -0.736. The van der Waals surface area contributed by atoms with Crippen LogP contribution >= 0.6 is 0 Å². The van der Waals surface area contributed by atoms with Crippen molar-refractivity contribution in [1.82, 2.24) is 0 Å². The average Bonchev–Trinajstić information content (AvgIpc) is 3.32. The van der Waals surface area contributed by atoms with Gasteiger partial charge in [-0.25, -0.2) is 17.6 Å². The van der Waals surface area contributed by atoms with Gasteiger partial charge in [0.05, 0.1) is 0 Å². The summed E-state index contributed by atoms with van der Waals surface area (Å²) < 4.78 is 50.4. The molecule has 8 aromatic carbocycles. The Hall–Kier alpha value is -6.00. The number of hydrogen-bond acceptors (Lipinski definition) is 0. The van der Waals surface area contributed by atoms with Crippen LogP contribution in [0.25, 0.3) is 21.5 Å². The van der Waals surface area contributed by atoms with Crippen molar-refractivity contribution in [2.45, 2.75) is 130 Å². The summed E-state index contributed by atoms with van der Waals surface area (Å²) in [7, 11) is 0. The van der Waals surface area contributed by atoms with E-state index >= 15 is 0 Å². The lowest BCUT2D eigenvalue weighted by atomic mass is 9.84. The first-order chi connectivity index (χ1) is 32.1. The molecule has 4 heteroatoms. The predicted molar refractivity (Wildman–Crippen MR) is 294 cm³/mol. The summed E-state index contributed by atoms with van der Waals surface area (Å²) in [6.45, 7) is 27.8. The van der Waals surface area contributed by atoms with E-state index in [-0.39, 0.29) is 19.1 Å². The van der Waals surface area contributed by atoms with Gasteiger partial charge in [-0.05, 0) is 173 Å². The van der Waals surface area contributed by atoms with Crippen molar-refractivity contribution >= 4 is 21.5 Å². The lowest BCUT2D eigenvalue weighted by Crippen LogP contribution is -2.08. The molecule has 0 heterocycles. The number of halogens is 4. The van der Waals surface area contributed by atoms with Crippen LogP contribution in [0, 0.1) is 118 Å². The molecule has 0 spiro atoms. The van der Waals surface area contributed by atoms with Crippen LogP contribution in [0.3, 0.4) is 0 Å². The minimum Gasteiger partial charge on any atom is -0.207 e. The summed E-state index contributed by atoms with van der Waals surface area (Å²) >= 11 is 0. The second-order valence-electron chi connectivity index (χ2n) is 19.0. The highest BCUT2D eigenvalue weighted by Gasteiger charge is 2.13. The standard InChI is InChI=1S/2C12H12.C8H8F2.2C8H9F.C8H16.C8H10.CH4/c1-9-3-5-12-8-10(2)4-6-11(12)7-9;1-9-7-8-10(2)12-6-4-3-5-11(9)12;1-5-3-4-6(2)8(10)7(5)9;2*1-6-3-4-7(2)8(9)5-6;2*1-7-3-5-8(2)6-4-7;/h2*3-8H,1-2H3;3-4H,1-2H3;2*3-5H,1-2H3;7-8H,3-6H2,1-2H3;3-6H,1-2H3;1H4. The summed E-state index contributed by atoms with van der Waals surface area (Å²) in [5, 5.41) is 5.41. The predicted octanol–water partition coefficient (Wildman–Crippen LogP) is 20.2. The fraction of sp³-hybridized carbons (Fsp3) is 0.323. The van der Waals surface area contributed by atoms with Crippen LogP contribution in [-0.4, -0.2) is 0 Å². The topological polar surface area (TPSA) is 0 Å². The first-order valence-corrected chi connectivity index (χ1v) is 24.0. The fourth-order valence-corrected chi connectivity index (χ4v) is 7.29. The third-order valence-corrected chi connectivity index (χ3v) is 12.2. The van der Waals surface area contributed by atoms with Gasteiger partial charge in [0.15, 0.2) is 11.6 Å². The van der Waals surface area contributed by atoms with Crippen molar-refractivity contribution in [1.29, 1.82) is 0 Å². The lowest BCUT2D eigenvalue weighted by Gasteiger charge is -2.22. The average molecular weight is 937 g/mol. The maximum atomic E-state index is 12.6. The highest BCUT2D eigenvalue weighted by atomic mass is 19.2. The van der Waals surface area contributed by atoms with Gasteiger partial charge < -0.3 is 0 Å². The summed E-state index contributed by atoms with van der Waals surface area (Å²) in [6.07, 6.45) is 5.89. The summed E-state index contributed by atoms with van der Waals surface area (Å²) in [5.41, 5.74) is 12.1. The van der Waals surface area contributed by atoms with E-state index in [1.807, 2.05) is 26.0 Å². The molecule has 0 aromatic heterocycles. The molecule has 9 rings (SSSR count). The molecule has 0 radical (unpaired) electrons. The quantitative estimate of drug-likeness (QED) is 0.133. The van der Waals surface area contributed by atoms with Crippen molar-refractivity contribution < 1.29 is 17.6 Å². The van der Waals surface area contributed by atoms with E-state index in [4.69, 9.17) is 0 Å². The maximum absolute atomic E-state index is 12.6. The van der Waals surface area contributed by atoms with E-state index in [0.717, 1.165) is 23.0 Å². The zero-order valence-corrected chi connectivity index (χ0v) is 43.4. The Bertz CT molecular complexity index is 2580. The van der Waals surface area contributed by atoms with Crippen molar-refractivity contribution in [3.63, 3.8) is 0 Å². The SMILES string of the molecule is C.CC1CCC(C)CC1.Cc1ccc(C)c(F)c1.Cc1ccc(C)c(F)c1.Cc1ccc(C)c(F)c1F.Cc1ccc(C)c2ccccc12.Cc1ccc(C)cc1.Cc1ccc2cc(C)ccc2c1. The second kappa shape index (κ2) is 29.8. The molecule has 0 unspecified atom stereocenters. The molecule has 368 valence electrons. The van der Waals surface area contributed by atoms with Gasteiger partial charge in [-0.3, -0.25) is 0 Å². The van der Waals surface area contributed by atoms with Gasteiger partial charge in [-0.2, -0.15) is 0 Å². The van der Waals surface area contributed by atoms with Crippen LogP contribution in [0.15, 0.2) is 146 Å². The molecule has 0 bridgehead atoms. The number of aryl methyl sites for hydroxylation is 12. The molecule has 1 fully saturated rings. The Morgan fingerprint density at radius 1 is 0.304 bits per heavy atom. The molecule has 0 atom stereocenters. The molecule has 0 saturated heterocycles. The van der Waals surface area contributed by atoms with Crippen molar-refractivity contribution in [2.24, 2.45) is 11.8 Å². The van der Waals surface area contributed by atoms with Crippen molar-refractivity contribution in [3.05, 3.63) is 236 Å². The molecular weight excluding hydrogens is 857 g/mol. The summed E-state index contributed by atoms with van der Waals surface area (Å²) in [5.74, 6) is 0.336. The third kappa shape index (κ3) is 21.0. The van der Waals surface area contributed by atoms with Crippen molar-refractivity contribution in [3.8, 4) is 0 Å². The molecule has 0 amide bonds. The van der Waals surface area contributed by atoms with Gasteiger partial charge >= 0.3 is 0 Å². The van der Waals surface area contributed by atoms with Gasteiger partial charge in [0.1, 0.15) is 11.6 Å². The van der Waals surface area contributed by atoms with Crippen LogP contribution in [-0.2, 0) is 0 Å². The second-order valence-corrected chi connectivity index (χ2v) is 19.0. The molecule has 0 N–H and O–H groups in total. The zero-order valence-electron chi connectivity index (χ0n) is 43.4. The Labute approximate surface area is 414 Å². The minimum absolute atomic E-state index is 0. The van der Waals surface area contributed by atoms with E-state index < -0.39 is 11.6 Å². The van der Waals surface area contributed by atoms with Gasteiger partial charge in [0.2, 0.25) is 0 Å². The summed E-state index contributed by atoms with van der Waals surface area (Å²) in [6, 6.07) is 48.0. The van der Waals surface area contributed by atoms with E-state index in [2.05, 4.69) is 152 Å². The maximum Gasteiger partial charge on any atom is 0.161 e. The Kier molecular flexibility index (Phi) is 25.5. The zero-order chi connectivity index (χ0) is 50.5. The highest BCUT2D eigenvalue weighted by molar-refractivity contribution is 5.88. The van der Waals surface area contributed by atoms with Crippen LogP contribution in [0.1, 0.15) is 114 Å². The van der Waals surface area contributed by atoms with E-state index in [9.17, 15) is 17.6 Å². The first-order valence-electron chi connectivity index (χ1n) is 24.0. The summed E-state index contributed by atoms with van der Waals surface area (Å²) in [4.78, 5) is 0. The molecule has 0 aliphatic heterocycles. The van der Waals surface area contributed by atoms with Crippen LogP contribution in [0.4, 0.5) is 17.6 Å². The fourth-order valence-electron chi connectivity index (χ4n) is 7.29. The molecule has 8 aromatic rings. The number of hydrogen-bond donors (Lipinski definition) is 0. The number of fused-ring (bicyclic) bond motifs is 2. The van der Waals surface area contributed by atoms with E-state index in [0.29, 0.717) is 22.3 Å². The largest absolute Gasteiger partial charge is 0.207 e. The van der Waals surface area contributed by atoms with E-state index in [1.165, 1.54) is 107 Å². The Morgan fingerprint density at radius 3 is 0.870 bits per heavy atom. The molecule has 1 saturated carbocycles. The monoisotopic (exact) mass is 937 g/mol. The molecule has 1 aliphatic carbocycles. The smallest absolute Gasteiger partial charge is 0.161 e. The first kappa shape index (κ1) is 59.1. The Morgan fingerprint density at radius 2 is 0.565 bits per heavy atom. The Balaban J connectivity index is 0.000000277. The molecule has 69 heavy (non-hydrogen) atoms. The lowest BCUT2D eigenvalue weighted by molar-refractivity contribution is 0.308. The van der Waals surface area contributed by atoms with Gasteiger partial charge in [-0.1, -0.05) is 203 Å². The van der Waals surface area contributed by atoms with Crippen molar-refractivity contribution in [2.75, 3.05) is 0 Å². The molecule has 1 aliphatic rings. The highest BCUT2D eigenvalue weighted by Crippen LogP contribution is 2.27. The van der Waals surface area contributed by atoms with Crippen LogP contribution < -0.4 is 0 Å². The van der Waals surface area contributed by atoms with E-state index in [1.54, 1.807) is 38.1 Å². The van der Waals surface area contributed by atoms with Crippen LogP contribution in [0.2, 0.25) is 0 Å². The molecule has 0 nitrogen and oxygen atoms in total. The number of rotatable bonds is 0. The van der Waals surface area contributed by atoms with Gasteiger partial charge in [0.25, 0.3) is 0 Å².